The topological polar surface area (TPSA) is 55.9 Å². The van der Waals surface area contributed by atoms with Crippen LogP contribution in [0.1, 0.15) is 50.0 Å². The van der Waals surface area contributed by atoms with E-state index in [0.29, 0.717) is 18.5 Å². The van der Waals surface area contributed by atoms with Crippen LogP contribution < -0.4 is 5.32 Å². The zero-order valence-corrected chi connectivity index (χ0v) is 11.9. The number of rotatable bonds is 7. The molecule has 2 aromatic heterocycles. The van der Waals surface area contributed by atoms with Crippen molar-refractivity contribution in [1.82, 2.24) is 20.0 Å². The maximum Gasteiger partial charge on any atom is 0.246 e. The molecule has 0 fully saturated rings. The van der Waals surface area contributed by atoms with Crippen LogP contribution in [0.2, 0.25) is 0 Å². The fraction of sp³-hybridized carbons (Fsp3) is 0.571. The summed E-state index contributed by atoms with van der Waals surface area (Å²) >= 11 is 0. The Morgan fingerprint density at radius 2 is 2.26 bits per heavy atom. The van der Waals surface area contributed by atoms with Crippen LogP contribution in [-0.4, -0.2) is 21.8 Å². The first-order valence-corrected chi connectivity index (χ1v) is 6.91. The van der Waals surface area contributed by atoms with E-state index in [1.165, 1.54) is 12.0 Å². The molecule has 1 atom stereocenters. The van der Waals surface area contributed by atoms with Gasteiger partial charge < -0.3 is 14.4 Å². The standard InChI is InChI=1S/C14H22N4O/c1-4-6-12(15-3)11-7-8-18(9-11)10-14-16-13(5-2)17-19-14/h7-9,12,15H,4-6,10H2,1-3H3. The molecule has 5 heteroatoms. The van der Waals surface area contributed by atoms with E-state index in [1.807, 2.05) is 14.0 Å². The number of hydrogen-bond acceptors (Lipinski definition) is 4. The third-order valence-electron chi connectivity index (χ3n) is 3.25. The monoisotopic (exact) mass is 262 g/mol. The average Bonchev–Trinajstić information content (AvgIpc) is 3.05. The van der Waals surface area contributed by atoms with E-state index in [1.54, 1.807) is 0 Å². The predicted octanol–water partition coefficient (Wildman–Crippen LogP) is 2.54. The lowest BCUT2D eigenvalue weighted by Gasteiger charge is -2.13. The lowest BCUT2D eigenvalue weighted by molar-refractivity contribution is 0.366. The number of nitrogens with one attached hydrogen (secondary N) is 1. The van der Waals surface area contributed by atoms with E-state index in [0.717, 1.165) is 18.7 Å². The van der Waals surface area contributed by atoms with Gasteiger partial charge in [0.15, 0.2) is 5.82 Å². The van der Waals surface area contributed by atoms with Gasteiger partial charge in [0, 0.05) is 24.9 Å². The van der Waals surface area contributed by atoms with Crippen molar-refractivity contribution in [2.24, 2.45) is 0 Å². The van der Waals surface area contributed by atoms with E-state index < -0.39 is 0 Å². The molecule has 104 valence electrons. The second-order valence-electron chi connectivity index (χ2n) is 4.71. The minimum atomic E-state index is 0.417. The first-order valence-electron chi connectivity index (χ1n) is 6.91. The summed E-state index contributed by atoms with van der Waals surface area (Å²) in [7, 11) is 2.00. The molecule has 0 saturated heterocycles. The van der Waals surface area contributed by atoms with E-state index in [-0.39, 0.29) is 0 Å². The van der Waals surface area contributed by atoms with Crippen LogP contribution >= 0.6 is 0 Å². The molecule has 2 aromatic rings. The Labute approximate surface area is 114 Å². The maximum absolute atomic E-state index is 5.21. The highest BCUT2D eigenvalue weighted by Gasteiger charge is 2.11. The van der Waals surface area contributed by atoms with Crippen molar-refractivity contribution in [3.63, 3.8) is 0 Å². The minimum absolute atomic E-state index is 0.417. The summed E-state index contributed by atoms with van der Waals surface area (Å²) in [5.41, 5.74) is 1.31. The number of hydrogen-bond donors (Lipinski definition) is 1. The molecule has 0 amide bonds. The molecule has 0 radical (unpaired) electrons. The summed E-state index contributed by atoms with van der Waals surface area (Å²) in [4.78, 5) is 4.32. The summed E-state index contributed by atoms with van der Waals surface area (Å²) < 4.78 is 7.29. The molecule has 0 aliphatic carbocycles. The van der Waals surface area contributed by atoms with Crippen LogP contribution in [0.3, 0.4) is 0 Å². The van der Waals surface area contributed by atoms with Gasteiger partial charge in [-0.15, -0.1) is 0 Å². The van der Waals surface area contributed by atoms with E-state index in [4.69, 9.17) is 4.52 Å². The van der Waals surface area contributed by atoms with Crippen LogP contribution in [-0.2, 0) is 13.0 Å². The van der Waals surface area contributed by atoms with Gasteiger partial charge in [-0.25, -0.2) is 0 Å². The zero-order chi connectivity index (χ0) is 13.7. The quantitative estimate of drug-likeness (QED) is 0.833. The van der Waals surface area contributed by atoms with Gasteiger partial charge in [-0.05, 0) is 25.1 Å². The van der Waals surface area contributed by atoms with Crippen LogP contribution in [0.5, 0.6) is 0 Å². The number of nitrogens with zero attached hydrogens (tertiary/aromatic N) is 3. The van der Waals surface area contributed by atoms with Gasteiger partial charge in [-0.1, -0.05) is 25.4 Å². The van der Waals surface area contributed by atoms with E-state index >= 15 is 0 Å². The second kappa shape index (κ2) is 6.52. The van der Waals surface area contributed by atoms with Gasteiger partial charge in [-0.2, -0.15) is 4.98 Å². The van der Waals surface area contributed by atoms with Crippen molar-refractivity contribution >= 4 is 0 Å². The lowest BCUT2D eigenvalue weighted by atomic mass is 10.1. The minimum Gasteiger partial charge on any atom is -0.345 e. The largest absolute Gasteiger partial charge is 0.345 e. The summed E-state index contributed by atoms with van der Waals surface area (Å²) in [5.74, 6) is 1.43. The first kappa shape index (κ1) is 13.8. The molecule has 2 rings (SSSR count). The molecule has 19 heavy (non-hydrogen) atoms. The Morgan fingerprint density at radius 1 is 1.42 bits per heavy atom. The van der Waals surface area contributed by atoms with Crippen molar-refractivity contribution in [2.45, 2.75) is 45.7 Å². The molecule has 0 aliphatic rings. The van der Waals surface area contributed by atoms with Crippen molar-refractivity contribution < 1.29 is 4.52 Å². The lowest BCUT2D eigenvalue weighted by Crippen LogP contribution is -2.15. The van der Waals surface area contributed by atoms with Gasteiger partial charge in [0.1, 0.15) is 6.54 Å². The highest BCUT2D eigenvalue weighted by Crippen LogP contribution is 2.18. The van der Waals surface area contributed by atoms with Crippen molar-refractivity contribution in [2.75, 3.05) is 7.05 Å². The van der Waals surface area contributed by atoms with Gasteiger partial charge in [-0.3, -0.25) is 0 Å². The molecule has 0 aliphatic heterocycles. The fourth-order valence-electron chi connectivity index (χ4n) is 2.18. The van der Waals surface area contributed by atoms with Crippen molar-refractivity contribution in [3.8, 4) is 0 Å². The Hall–Kier alpha value is -1.62. The third-order valence-corrected chi connectivity index (χ3v) is 3.25. The Bertz CT molecular complexity index is 503. The Kier molecular flexibility index (Phi) is 4.74. The Balaban J connectivity index is 2.04. The van der Waals surface area contributed by atoms with Crippen LogP contribution in [0.15, 0.2) is 23.0 Å². The van der Waals surface area contributed by atoms with Crippen LogP contribution in [0.25, 0.3) is 0 Å². The average molecular weight is 262 g/mol. The Morgan fingerprint density at radius 3 is 2.89 bits per heavy atom. The molecule has 2 heterocycles. The van der Waals surface area contributed by atoms with Gasteiger partial charge in [0.25, 0.3) is 0 Å². The molecule has 0 bridgehead atoms. The van der Waals surface area contributed by atoms with Gasteiger partial charge in [0.05, 0.1) is 0 Å². The van der Waals surface area contributed by atoms with Crippen molar-refractivity contribution in [1.29, 1.82) is 0 Å². The summed E-state index contributed by atoms with van der Waals surface area (Å²) in [6.07, 6.45) is 7.32. The van der Waals surface area contributed by atoms with Crippen molar-refractivity contribution in [3.05, 3.63) is 35.7 Å². The number of aryl methyl sites for hydroxylation is 1. The summed E-state index contributed by atoms with van der Waals surface area (Å²) in [6, 6.07) is 2.56. The highest BCUT2D eigenvalue weighted by molar-refractivity contribution is 5.15. The van der Waals surface area contributed by atoms with Gasteiger partial charge >= 0.3 is 0 Å². The van der Waals surface area contributed by atoms with Crippen LogP contribution in [0, 0.1) is 0 Å². The molecule has 5 nitrogen and oxygen atoms in total. The van der Waals surface area contributed by atoms with E-state index in [9.17, 15) is 0 Å². The molecule has 0 spiro atoms. The molecular weight excluding hydrogens is 240 g/mol. The van der Waals surface area contributed by atoms with E-state index in [2.05, 4.69) is 45.4 Å². The normalized spacial score (nSPS) is 12.8. The smallest absolute Gasteiger partial charge is 0.246 e. The molecular formula is C14H22N4O. The molecule has 1 unspecified atom stereocenters. The first-order chi connectivity index (χ1) is 9.26. The third kappa shape index (κ3) is 3.44. The summed E-state index contributed by atoms with van der Waals surface area (Å²) in [6.45, 7) is 4.85. The van der Waals surface area contributed by atoms with Crippen LogP contribution in [0.4, 0.5) is 0 Å². The van der Waals surface area contributed by atoms with Gasteiger partial charge in [0.2, 0.25) is 5.89 Å². The highest BCUT2D eigenvalue weighted by atomic mass is 16.5. The molecule has 0 aromatic carbocycles. The summed E-state index contributed by atoms with van der Waals surface area (Å²) in [5, 5.41) is 7.25. The predicted molar refractivity (Wildman–Crippen MR) is 73.9 cm³/mol. The molecule has 1 N–H and O–H groups in total. The second-order valence-corrected chi connectivity index (χ2v) is 4.71. The fourth-order valence-corrected chi connectivity index (χ4v) is 2.18. The zero-order valence-electron chi connectivity index (χ0n) is 11.9. The SMILES string of the molecule is CCCC(NC)c1ccn(Cc2nc(CC)no2)c1. The maximum atomic E-state index is 5.21. The molecule has 0 saturated carbocycles. The number of aromatic nitrogens is 3.